The normalized spacial score (nSPS) is 14.7. The topological polar surface area (TPSA) is 63.2 Å². The number of amides is 1. The molecule has 2 atom stereocenters. The van der Waals surface area contributed by atoms with E-state index in [0.29, 0.717) is 10.0 Å². The maximum absolute atomic E-state index is 11.7. The molecule has 1 aromatic carbocycles. The molecule has 0 saturated carbocycles. The molecule has 0 fully saturated rings. The molecule has 0 aromatic heterocycles. The van der Waals surface area contributed by atoms with Crippen LogP contribution in [0.5, 0.6) is 0 Å². The molecule has 0 saturated heterocycles. The first-order valence-electron chi connectivity index (χ1n) is 6.05. The van der Waals surface area contributed by atoms with Crippen LogP contribution in [0.1, 0.15) is 25.3 Å². The molecule has 4 nitrogen and oxygen atoms in total. The summed E-state index contributed by atoms with van der Waals surface area (Å²) in [6, 6.07) is 5.19. The largest absolute Gasteiger partial charge is 0.354 e. The van der Waals surface area contributed by atoms with Gasteiger partial charge in [-0.2, -0.15) is 0 Å². The lowest BCUT2D eigenvalue weighted by atomic mass is 10.0. The predicted octanol–water partition coefficient (Wildman–Crippen LogP) is 2.65. The number of carbonyl (C=O) groups is 1. The Hall–Kier alpha value is -0.780. The SMILES string of the molecule is C[C@H](CNC(=O)[C@@H](C)S(C)(=O)=O)c1c(Cl)cccc1Cl. The Morgan fingerprint density at radius 3 is 2.20 bits per heavy atom. The van der Waals surface area contributed by atoms with E-state index < -0.39 is 21.0 Å². The van der Waals surface area contributed by atoms with Gasteiger partial charge in [-0.15, -0.1) is 0 Å². The Labute approximate surface area is 129 Å². The van der Waals surface area contributed by atoms with E-state index in [1.807, 2.05) is 6.92 Å². The maximum atomic E-state index is 11.7. The smallest absolute Gasteiger partial charge is 0.238 e. The third kappa shape index (κ3) is 4.36. The van der Waals surface area contributed by atoms with Crippen LogP contribution < -0.4 is 5.32 Å². The Morgan fingerprint density at radius 2 is 1.75 bits per heavy atom. The summed E-state index contributed by atoms with van der Waals surface area (Å²) in [5.41, 5.74) is 0.739. The molecule has 1 N–H and O–H groups in total. The lowest BCUT2D eigenvalue weighted by Crippen LogP contribution is -2.39. The molecule has 0 aliphatic carbocycles. The first-order chi connectivity index (χ1) is 9.14. The highest BCUT2D eigenvalue weighted by Gasteiger charge is 2.24. The standard InChI is InChI=1S/C13H17Cl2NO3S/c1-8(12-10(14)5-4-6-11(12)15)7-16-13(17)9(2)20(3,18)19/h4-6,8-9H,7H2,1-3H3,(H,16,17)/t8-,9-/m1/s1. The number of sulfone groups is 1. The van der Waals surface area contributed by atoms with Crippen LogP contribution in [-0.2, 0) is 14.6 Å². The summed E-state index contributed by atoms with van der Waals surface area (Å²) in [4.78, 5) is 11.7. The van der Waals surface area contributed by atoms with Crippen molar-refractivity contribution in [3.8, 4) is 0 Å². The Bertz CT molecular complexity index is 581. The van der Waals surface area contributed by atoms with Gasteiger partial charge in [0.15, 0.2) is 9.84 Å². The van der Waals surface area contributed by atoms with Crippen LogP contribution in [0.15, 0.2) is 18.2 Å². The molecule has 0 bridgehead atoms. The summed E-state index contributed by atoms with van der Waals surface area (Å²) < 4.78 is 22.6. The average molecular weight is 338 g/mol. The molecule has 1 rings (SSSR count). The third-order valence-corrected chi connectivity index (χ3v) is 5.24. The highest BCUT2D eigenvalue weighted by molar-refractivity contribution is 7.92. The van der Waals surface area contributed by atoms with E-state index in [9.17, 15) is 13.2 Å². The van der Waals surface area contributed by atoms with Gasteiger partial charge in [0.1, 0.15) is 5.25 Å². The Kier molecular flexibility index (Phi) is 5.86. The van der Waals surface area contributed by atoms with E-state index >= 15 is 0 Å². The summed E-state index contributed by atoms with van der Waals surface area (Å²) in [5, 5.41) is 2.58. The van der Waals surface area contributed by atoms with Crippen molar-refractivity contribution in [3.63, 3.8) is 0 Å². The van der Waals surface area contributed by atoms with Gasteiger partial charge in [-0.25, -0.2) is 8.42 Å². The molecule has 0 aliphatic rings. The predicted molar refractivity (Wildman–Crippen MR) is 82.2 cm³/mol. The van der Waals surface area contributed by atoms with Gasteiger partial charge in [-0.05, 0) is 24.6 Å². The van der Waals surface area contributed by atoms with Crippen molar-refractivity contribution in [1.29, 1.82) is 0 Å². The minimum atomic E-state index is -3.40. The van der Waals surface area contributed by atoms with Gasteiger partial charge in [0.25, 0.3) is 0 Å². The Morgan fingerprint density at radius 1 is 1.25 bits per heavy atom. The van der Waals surface area contributed by atoms with E-state index in [1.165, 1.54) is 6.92 Å². The summed E-state index contributed by atoms with van der Waals surface area (Å²) in [5.74, 6) is -0.644. The number of carbonyl (C=O) groups excluding carboxylic acids is 1. The second kappa shape index (κ2) is 6.78. The molecule has 0 unspecified atom stereocenters. The summed E-state index contributed by atoms with van der Waals surface area (Å²) in [6.45, 7) is 3.48. The van der Waals surface area contributed by atoms with Crippen LogP contribution in [0.2, 0.25) is 10.0 Å². The molecule has 7 heteroatoms. The summed E-state index contributed by atoms with van der Waals surface area (Å²) >= 11 is 12.2. The van der Waals surface area contributed by atoms with Crippen molar-refractivity contribution in [2.24, 2.45) is 0 Å². The lowest BCUT2D eigenvalue weighted by molar-refractivity contribution is -0.120. The van der Waals surface area contributed by atoms with Gasteiger partial charge < -0.3 is 5.32 Å². The molecule has 0 radical (unpaired) electrons. The first kappa shape index (κ1) is 17.3. The minimum Gasteiger partial charge on any atom is -0.354 e. The number of hydrogen-bond donors (Lipinski definition) is 1. The van der Waals surface area contributed by atoms with Crippen LogP contribution in [0.25, 0.3) is 0 Å². The van der Waals surface area contributed by atoms with Crippen molar-refractivity contribution in [2.45, 2.75) is 25.0 Å². The third-order valence-electron chi connectivity index (χ3n) is 3.09. The molecule has 112 valence electrons. The first-order valence-corrected chi connectivity index (χ1v) is 8.76. The van der Waals surface area contributed by atoms with Crippen molar-refractivity contribution in [1.82, 2.24) is 5.32 Å². The molecule has 0 spiro atoms. The average Bonchev–Trinajstić information content (AvgIpc) is 2.33. The van der Waals surface area contributed by atoms with Gasteiger partial charge in [-0.1, -0.05) is 36.2 Å². The zero-order valence-corrected chi connectivity index (χ0v) is 13.8. The molecule has 20 heavy (non-hydrogen) atoms. The van der Waals surface area contributed by atoms with E-state index in [1.54, 1.807) is 18.2 Å². The second-order valence-corrected chi connectivity index (χ2v) is 7.93. The summed E-state index contributed by atoms with van der Waals surface area (Å²) in [7, 11) is -3.40. The molecular weight excluding hydrogens is 321 g/mol. The fraction of sp³-hybridized carbons (Fsp3) is 0.462. The van der Waals surface area contributed by atoms with Crippen LogP contribution in [0.4, 0.5) is 0 Å². The second-order valence-electron chi connectivity index (χ2n) is 4.75. The van der Waals surface area contributed by atoms with Crippen LogP contribution in [0, 0.1) is 0 Å². The maximum Gasteiger partial charge on any atom is 0.238 e. The van der Waals surface area contributed by atoms with Gasteiger partial charge in [0, 0.05) is 28.8 Å². The lowest BCUT2D eigenvalue weighted by Gasteiger charge is -2.17. The number of halogens is 2. The Balaban J connectivity index is 2.74. The number of hydrogen-bond acceptors (Lipinski definition) is 3. The number of rotatable bonds is 5. The fourth-order valence-corrected chi connectivity index (χ4v) is 2.92. The van der Waals surface area contributed by atoms with Gasteiger partial charge in [0.05, 0.1) is 0 Å². The molecule has 1 amide bonds. The highest BCUT2D eigenvalue weighted by Crippen LogP contribution is 2.30. The van der Waals surface area contributed by atoms with Gasteiger partial charge >= 0.3 is 0 Å². The zero-order chi connectivity index (χ0) is 15.5. The number of benzene rings is 1. The quantitative estimate of drug-likeness (QED) is 0.898. The molecule has 0 aliphatic heterocycles. The fourth-order valence-electron chi connectivity index (χ4n) is 1.68. The van der Waals surface area contributed by atoms with Crippen LogP contribution >= 0.6 is 23.2 Å². The highest BCUT2D eigenvalue weighted by atomic mass is 35.5. The van der Waals surface area contributed by atoms with Crippen molar-refractivity contribution < 1.29 is 13.2 Å². The van der Waals surface area contributed by atoms with Gasteiger partial charge in [0.2, 0.25) is 5.91 Å². The van der Waals surface area contributed by atoms with Crippen molar-refractivity contribution >= 4 is 38.9 Å². The molecule has 1 aromatic rings. The molecular formula is C13H17Cl2NO3S. The van der Waals surface area contributed by atoms with E-state index in [0.717, 1.165) is 11.8 Å². The van der Waals surface area contributed by atoms with E-state index in [4.69, 9.17) is 23.2 Å². The number of nitrogens with one attached hydrogen (secondary N) is 1. The molecule has 0 heterocycles. The van der Waals surface area contributed by atoms with Crippen LogP contribution in [-0.4, -0.2) is 32.4 Å². The van der Waals surface area contributed by atoms with E-state index in [2.05, 4.69) is 5.32 Å². The van der Waals surface area contributed by atoms with Crippen LogP contribution in [0.3, 0.4) is 0 Å². The summed E-state index contributed by atoms with van der Waals surface area (Å²) in [6.07, 6.45) is 1.03. The van der Waals surface area contributed by atoms with Crippen molar-refractivity contribution in [3.05, 3.63) is 33.8 Å². The zero-order valence-electron chi connectivity index (χ0n) is 11.5. The van der Waals surface area contributed by atoms with Crippen molar-refractivity contribution in [2.75, 3.05) is 12.8 Å². The monoisotopic (exact) mass is 337 g/mol. The minimum absolute atomic E-state index is 0.119. The van der Waals surface area contributed by atoms with E-state index in [-0.39, 0.29) is 12.5 Å². The van der Waals surface area contributed by atoms with Gasteiger partial charge in [-0.3, -0.25) is 4.79 Å².